The summed E-state index contributed by atoms with van der Waals surface area (Å²) in [6.45, 7) is 4.82. The van der Waals surface area contributed by atoms with E-state index >= 15 is 0 Å². The zero-order chi connectivity index (χ0) is 18.1. The normalized spacial score (nSPS) is 13.9. The van der Waals surface area contributed by atoms with Crippen molar-refractivity contribution in [3.63, 3.8) is 0 Å². The third-order valence-electron chi connectivity index (χ3n) is 5.22. The molecule has 5 heteroatoms. The summed E-state index contributed by atoms with van der Waals surface area (Å²) in [5, 5.41) is 1.76. The quantitative estimate of drug-likeness (QED) is 0.653. The summed E-state index contributed by atoms with van der Waals surface area (Å²) >= 11 is 1.79. The van der Waals surface area contributed by atoms with E-state index in [4.69, 9.17) is 4.98 Å². The number of aryl methyl sites for hydroxylation is 4. The number of hydrogen-bond acceptors (Lipinski definition) is 4. The fourth-order valence-corrected chi connectivity index (χ4v) is 4.88. The topological polar surface area (TPSA) is 47.8 Å². The lowest BCUT2D eigenvalue weighted by Crippen LogP contribution is -2.20. The molecule has 0 N–H and O–H groups in total. The minimum absolute atomic E-state index is 0.0541. The number of benzene rings is 1. The van der Waals surface area contributed by atoms with E-state index in [1.54, 1.807) is 22.2 Å². The molecule has 0 saturated carbocycles. The predicted molar refractivity (Wildman–Crippen MR) is 108 cm³/mol. The molecule has 0 radical (unpaired) electrons. The first-order chi connectivity index (χ1) is 12.7. The number of thiazole rings is 1. The van der Waals surface area contributed by atoms with Crippen molar-refractivity contribution in [2.45, 2.75) is 65.3 Å². The minimum Gasteiger partial charge on any atom is -0.299 e. The number of rotatable bonds is 5. The number of nitrogens with zero attached hydrogens (tertiary/aromatic N) is 3. The average Bonchev–Trinajstić information content (AvgIpc) is 3.10. The summed E-state index contributed by atoms with van der Waals surface area (Å²) < 4.78 is 1.68. The van der Waals surface area contributed by atoms with Crippen molar-refractivity contribution >= 4 is 22.2 Å². The summed E-state index contributed by atoms with van der Waals surface area (Å²) in [4.78, 5) is 23.9. The van der Waals surface area contributed by atoms with Gasteiger partial charge in [0.05, 0.1) is 22.9 Å². The predicted octanol–water partition coefficient (Wildman–Crippen LogP) is 4.76. The Hall–Kier alpha value is -2.01. The van der Waals surface area contributed by atoms with Crippen LogP contribution < -0.4 is 5.56 Å². The summed E-state index contributed by atoms with van der Waals surface area (Å²) in [5.41, 5.74) is 4.36. The lowest BCUT2D eigenvalue weighted by Gasteiger charge is -2.09. The van der Waals surface area contributed by atoms with Crippen LogP contribution in [-0.4, -0.2) is 14.5 Å². The van der Waals surface area contributed by atoms with Crippen LogP contribution in [0, 0.1) is 0 Å². The minimum atomic E-state index is 0.0541. The number of unbranched alkanes of at least 4 members (excludes halogenated alkanes) is 1. The maximum absolute atomic E-state index is 12.9. The van der Waals surface area contributed by atoms with E-state index in [2.05, 4.69) is 18.0 Å². The van der Waals surface area contributed by atoms with Crippen LogP contribution in [0.1, 0.15) is 55.7 Å². The number of fused-ring (bicyclic) bond motifs is 2. The monoisotopic (exact) mass is 367 g/mol. The van der Waals surface area contributed by atoms with E-state index in [1.165, 1.54) is 29.0 Å². The lowest BCUT2D eigenvalue weighted by atomic mass is 10.0. The molecular weight excluding hydrogens is 342 g/mol. The van der Waals surface area contributed by atoms with Gasteiger partial charge in [0.2, 0.25) is 0 Å². The van der Waals surface area contributed by atoms with Crippen LogP contribution in [0.5, 0.6) is 0 Å². The van der Waals surface area contributed by atoms with Crippen molar-refractivity contribution in [1.82, 2.24) is 14.5 Å². The van der Waals surface area contributed by atoms with Crippen LogP contribution >= 0.6 is 11.3 Å². The fourth-order valence-electron chi connectivity index (χ4n) is 3.71. The van der Waals surface area contributed by atoms with Crippen molar-refractivity contribution in [2.75, 3.05) is 0 Å². The van der Waals surface area contributed by atoms with E-state index < -0.39 is 0 Å². The van der Waals surface area contributed by atoms with Crippen LogP contribution in [0.25, 0.3) is 21.5 Å². The molecule has 136 valence electrons. The second-order valence-corrected chi connectivity index (χ2v) is 8.16. The van der Waals surface area contributed by atoms with Gasteiger partial charge in [0.25, 0.3) is 5.56 Å². The largest absolute Gasteiger partial charge is 0.299 e. The van der Waals surface area contributed by atoms with E-state index in [0.717, 1.165) is 53.6 Å². The third kappa shape index (κ3) is 3.09. The van der Waals surface area contributed by atoms with Gasteiger partial charge in [-0.15, -0.1) is 11.3 Å². The molecular formula is C21H25N3OS. The Balaban J connectivity index is 1.93. The van der Waals surface area contributed by atoms with Crippen molar-refractivity contribution in [3.05, 3.63) is 44.9 Å². The second-order valence-electron chi connectivity index (χ2n) is 7.07. The first kappa shape index (κ1) is 17.4. The van der Waals surface area contributed by atoms with Crippen molar-refractivity contribution in [2.24, 2.45) is 0 Å². The van der Waals surface area contributed by atoms with Gasteiger partial charge in [0, 0.05) is 17.0 Å². The molecule has 1 aliphatic rings. The van der Waals surface area contributed by atoms with Gasteiger partial charge in [-0.25, -0.2) is 9.97 Å². The molecule has 26 heavy (non-hydrogen) atoms. The highest BCUT2D eigenvalue weighted by atomic mass is 32.1. The maximum Gasteiger partial charge on any atom is 0.261 e. The first-order valence-electron chi connectivity index (χ1n) is 9.72. The highest BCUT2D eigenvalue weighted by Crippen LogP contribution is 2.35. The second kappa shape index (κ2) is 7.31. The molecule has 4 nitrogen and oxygen atoms in total. The fraction of sp³-hybridized carbons (Fsp3) is 0.476. The van der Waals surface area contributed by atoms with Crippen molar-refractivity contribution in [1.29, 1.82) is 0 Å². The molecule has 1 aliphatic carbocycles. The van der Waals surface area contributed by atoms with Crippen molar-refractivity contribution < 1.29 is 0 Å². The van der Waals surface area contributed by atoms with E-state index in [1.807, 2.05) is 13.0 Å². The van der Waals surface area contributed by atoms with Gasteiger partial charge in [-0.05, 0) is 63.1 Å². The molecule has 0 spiro atoms. The smallest absolute Gasteiger partial charge is 0.261 e. The molecule has 4 rings (SSSR count). The highest BCUT2D eigenvalue weighted by Gasteiger charge is 2.19. The third-order valence-corrected chi connectivity index (χ3v) is 6.41. The Morgan fingerprint density at radius 1 is 1.19 bits per heavy atom. The van der Waals surface area contributed by atoms with Gasteiger partial charge >= 0.3 is 0 Å². The van der Waals surface area contributed by atoms with Crippen LogP contribution in [0.2, 0.25) is 0 Å². The number of aromatic nitrogens is 3. The Kier molecular flexibility index (Phi) is 4.90. The zero-order valence-electron chi connectivity index (χ0n) is 15.5. The SMILES string of the molecule is CCCCc1cc(-c2nc3c(s2)CCCC3)c2ncn(CC)c(=O)c2c1. The lowest BCUT2D eigenvalue weighted by molar-refractivity contribution is 0.682. The summed E-state index contributed by atoms with van der Waals surface area (Å²) in [6.07, 6.45) is 9.63. The molecule has 0 atom stereocenters. The summed E-state index contributed by atoms with van der Waals surface area (Å²) in [6, 6.07) is 4.26. The zero-order valence-corrected chi connectivity index (χ0v) is 16.4. The van der Waals surface area contributed by atoms with Gasteiger partial charge < -0.3 is 0 Å². The Bertz CT molecular complexity index is 979. The van der Waals surface area contributed by atoms with Gasteiger partial charge in [0.15, 0.2) is 0 Å². The molecule has 0 unspecified atom stereocenters. The van der Waals surface area contributed by atoms with E-state index in [-0.39, 0.29) is 5.56 Å². The van der Waals surface area contributed by atoms with Crippen LogP contribution in [0.4, 0.5) is 0 Å². The Morgan fingerprint density at radius 3 is 2.81 bits per heavy atom. The molecule has 0 bridgehead atoms. The standard InChI is InChI=1S/C21H25N3OS/c1-3-5-8-14-11-15(20-23-17-9-6-7-10-18(17)26-20)19-16(12-14)21(25)24(4-2)13-22-19/h11-13H,3-10H2,1-2H3. The van der Waals surface area contributed by atoms with Gasteiger partial charge in [-0.3, -0.25) is 9.36 Å². The molecule has 1 aromatic carbocycles. The Labute approximate surface area is 157 Å². The molecule has 0 amide bonds. The molecule has 2 aromatic heterocycles. The van der Waals surface area contributed by atoms with Crippen LogP contribution in [-0.2, 0) is 25.8 Å². The van der Waals surface area contributed by atoms with Gasteiger partial charge in [0.1, 0.15) is 5.01 Å². The van der Waals surface area contributed by atoms with Crippen molar-refractivity contribution in [3.8, 4) is 10.6 Å². The van der Waals surface area contributed by atoms with E-state index in [0.29, 0.717) is 6.54 Å². The van der Waals surface area contributed by atoms with Crippen LogP contribution in [0.3, 0.4) is 0 Å². The molecule has 3 aromatic rings. The molecule has 2 heterocycles. The number of hydrogen-bond donors (Lipinski definition) is 0. The Morgan fingerprint density at radius 2 is 2.04 bits per heavy atom. The summed E-state index contributed by atoms with van der Waals surface area (Å²) in [7, 11) is 0. The van der Waals surface area contributed by atoms with E-state index in [9.17, 15) is 4.79 Å². The highest BCUT2D eigenvalue weighted by molar-refractivity contribution is 7.15. The van der Waals surface area contributed by atoms with Gasteiger partial charge in [-0.2, -0.15) is 0 Å². The summed E-state index contributed by atoms with van der Waals surface area (Å²) in [5.74, 6) is 0. The molecule has 0 fully saturated rings. The first-order valence-corrected chi connectivity index (χ1v) is 10.5. The van der Waals surface area contributed by atoms with Gasteiger partial charge in [-0.1, -0.05) is 13.3 Å². The average molecular weight is 368 g/mol. The molecule has 0 aliphatic heterocycles. The van der Waals surface area contributed by atoms with Crippen LogP contribution in [0.15, 0.2) is 23.3 Å². The maximum atomic E-state index is 12.9. The molecule has 0 saturated heterocycles.